The molecule has 0 aromatic heterocycles. The minimum absolute atomic E-state index is 1.22. The molecule has 0 aliphatic rings. The fourth-order valence-corrected chi connectivity index (χ4v) is 3.52. The zero-order valence-electron chi connectivity index (χ0n) is 18.6. The summed E-state index contributed by atoms with van der Waals surface area (Å²) in [6, 6.07) is 0. The highest BCUT2D eigenvalue weighted by molar-refractivity contribution is 4.54. The molecule has 26 heavy (non-hydrogen) atoms. The van der Waals surface area contributed by atoms with Crippen molar-refractivity contribution >= 4 is 0 Å². The predicted molar refractivity (Wildman–Crippen MR) is 120 cm³/mol. The molecule has 0 unspecified atom stereocenters. The molecule has 2 nitrogen and oxygen atoms in total. The van der Waals surface area contributed by atoms with Crippen molar-refractivity contribution in [1.29, 1.82) is 0 Å². The number of nitrogens with one attached hydrogen (secondary N) is 2. The van der Waals surface area contributed by atoms with E-state index < -0.39 is 0 Å². The van der Waals surface area contributed by atoms with E-state index in [2.05, 4.69) is 24.5 Å². The van der Waals surface area contributed by atoms with Gasteiger partial charge in [-0.2, -0.15) is 0 Å². The summed E-state index contributed by atoms with van der Waals surface area (Å²) in [5, 5.41) is 7.23. The molecule has 0 aromatic carbocycles. The Balaban J connectivity index is 2.95. The van der Waals surface area contributed by atoms with E-state index in [4.69, 9.17) is 0 Å². The first kappa shape index (κ1) is 25.9. The maximum absolute atomic E-state index is 3.62. The number of hydrogen-bond acceptors (Lipinski definition) is 2. The maximum Gasteiger partial charge on any atom is -0.00489 e. The van der Waals surface area contributed by atoms with Gasteiger partial charge in [0, 0.05) is 0 Å². The summed E-state index contributed by atoms with van der Waals surface area (Å²) in [5.74, 6) is 0. The molecule has 2 N–H and O–H groups in total. The first-order valence-corrected chi connectivity index (χ1v) is 12.3. The van der Waals surface area contributed by atoms with Crippen molar-refractivity contribution in [1.82, 2.24) is 10.6 Å². The first-order chi connectivity index (χ1) is 12.9. The lowest BCUT2D eigenvalue weighted by Crippen LogP contribution is -2.17. The second-order valence-corrected chi connectivity index (χ2v) is 8.16. The van der Waals surface area contributed by atoms with Gasteiger partial charge in [-0.25, -0.2) is 0 Å². The van der Waals surface area contributed by atoms with Crippen molar-refractivity contribution in [3.8, 4) is 0 Å². The van der Waals surface area contributed by atoms with Gasteiger partial charge in [0.2, 0.25) is 0 Å². The van der Waals surface area contributed by atoms with Crippen LogP contribution >= 0.6 is 0 Å². The monoisotopic (exact) mass is 368 g/mol. The summed E-state index contributed by atoms with van der Waals surface area (Å²) in [6.45, 7) is 9.49. The van der Waals surface area contributed by atoms with E-state index in [1.54, 1.807) is 0 Å². The lowest BCUT2D eigenvalue weighted by Gasteiger charge is -2.06. The number of rotatable bonds is 23. The molecular formula is C24H52N2. The largest absolute Gasteiger partial charge is 0.317 e. The fraction of sp³-hybridized carbons (Fsp3) is 1.00. The van der Waals surface area contributed by atoms with E-state index in [9.17, 15) is 0 Å². The van der Waals surface area contributed by atoms with Crippen molar-refractivity contribution in [3.05, 3.63) is 0 Å². The molecule has 0 heterocycles. The van der Waals surface area contributed by atoms with Crippen LogP contribution in [0.5, 0.6) is 0 Å². The van der Waals surface area contributed by atoms with E-state index in [1.807, 2.05) is 0 Å². The Kier molecular flexibility index (Phi) is 24.8. The highest BCUT2D eigenvalue weighted by atomic mass is 14.8. The first-order valence-electron chi connectivity index (χ1n) is 12.3. The van der Waals surface area contributed by atoms with E-state index >= 15 is 0 Å². The Hall–Kier alpha value is -0.0800. The molecule has 0 saturated carbocycles. The Morgan fingerprint density at radius 2 is 0.538 bits per heavy atom. The lowest BCUT2D eigenvalue weighted by atomic mass is 10.1. The van der Waals surface area contributed by atoms with Crippen molar-refractivity contribution in [2.24, 2.45) is 0 Å². The molecule has 0 aliphatic heterocycles. The quantitative estimate of drug-likeness (QED) is 0.186. The van der Waals surface area contributed by atoms with Crippen LogP contribution in [0.15, 0.2) is 0 Å². The summed E-state index contributed by atoms with van der Waals surface area (Å²) in [5.41, 5.74) is 0. The van der Waals surface area contributed by atoms with Crippen molar-refractivity contribution < 1.29 is 0 Å². The molecule has 0 bridgehead atoms. The van der Waals surface area contributed by atoms with Crippen LogP contribution in [0, 0.1) is 0 Å². The third-order valence-corrected chi connectivity index (χ3v) is 5.37. The standard InChI is InChI=1S/C24H52N2/c1-3-5-7-9-11-13-17-21-25-23-19-15-16-20-24-26-22-18-14-12-10-8-6-4-2/h25-26H,3-24H2,1-2H3. The zero-order chi connectivity index (χ0) is 19.0. The van der Waals surface area contributed by atoms with Crippen LogP contribution in [-0.2, 0) is 0 Å². The van der Waals surface area contributed by atoms with Crippen LogP contribution in [0.2, 0.25) is 0 Å². The van der Waals surface area contributed by atoms with Crippen LogP contribution in [-0.4, -0.2) is 26.2 Å². The molecule has 0 atom stereocenters. The second kappa shape index (κ2) is 24.9. The molecule has 158 valence electrons. The average molecular weight is 369 g/mol. The smallest absolute Gasteiger partial charge is 0.00489 e. The van der Waals surface area contributed by atoms with Crippen molar-refractivity contribution in [3.63, 3.8) is 0 Å². The minimum Gasteiger partial charge on any atom is -0.317 e. The van der Waals surface area contributed by atoms with Gasteiger partial charge in [-0.05, 0) is 51.9 Å². The minimum atomic E-state index is 1.22. The van der Waals surface area contributed by atoms with Crippen molar-refractivity contribution in [2.75, 3.05) is 26.2 Å². The topological polar surface area (TPSA) is 24.1 Å². The SMILES string of the molecule is CCCCCCCCCNCCCCCCNCCCCCCCCC. The molecule has 0 rings (SSSR count). The molecule has 0 fully saturated rings. The van der Waals surface area contributed by atoms with E-state index in [0.29, 0.717) is 0 Å². The summed E-state index contributed by atoms with van der Waals surface area (Å²) < 4.78 is 0. The highest BCUT2D eigenvalue weighted by Gasteiger charge is 1.94. The fourth-order valence-electron chi connectivity index (χ4n) is 3.52. The van der Waals surface area contributed by atoms with Crippen LogP contribution in [0.1, 0.15) is 129 Å². The molecule has 0 aromatic rings. The maximum atomic E-state index is 3.62. The van der Waals surface area contributed by atoms with Gasteiger partial charge >= 0.3 is 0 Å². The summed E-state index contributed by atoms with van der Waals surface area (Å²) in [6.07, 6.45) is 25.3. The summed E-state index contributed by atoms with van der Waals surface area (Å²) in [7, 11) is 0. The Morgan fingerprint density at radius 3 is 0.808 bits per heavy atom. The Labute approximate surface area is 166 Å². The van der Waals surface area contributed by atoms with Gasteiger partial charge in [0.1, 0.15) is 0 Å². The Bertz CT molecular complexity index is 206. The van der Waals surface area contributed by atoms with E-state index in [1.165, 1.54) is 142 Å². The zero-order valence-corrected chi connectivity index (χ0v) is 18.6. The molecule has 0 radical (unpaired) electrons. The van der Waals surface area contributed by atoms with Gasteiger partial charge in [-0.1, -0.05) is 104 Å². The van der Waals surface area contributed by atoms with Gasteiger partial charge < -0.3 is 10.6 Å². The predicted octanol–water partition coefficient (Wildman–Crippen LogP) is 7.23. The van der Waals surface area contributed by atoms with Crippen LogP contribution in [0.25, 0.3) is 0 Å². The van der Waals surface area contributed by atoms with Gasteiger partial charge in [-0.3, -0.25) is 0 Å². The molecule has 0 aliphatic carbocycles. The van der Waals surface area contributed by atoms with E-state index in [-0.39, 0.29) is 0 Å². The Morgan fingerprint density at radius 1 is 0.308 bits per heavy atom. The molecule has 0 spiro atoms. The van der Waals surface area contributed by atoms with Crippen LogP contribution < -0.4 is 10.6 Å². The van der Waals surface area contributed by atoms with Gasteiger partial charge in [0.25, 0.3) is 0 Å². The third kappa shape index (κ3) is 23.9. The molecule has 2 heteroatoms. The second-order valence-electron chi connectivity index (χ2n) is 8.16. The number of unbranched alkanes of at least 4 members (excludes halogenated alkanes) is 15. The van der Waals surface area contributed by atoms with Gasteiger partial charge in [0.05, 0.1) is 0 Å². The normalized spacial score (nSPS) is 11.3. The van der Waals surface area contributed by atoms with E-state index in [0.717, 1.165) is 0 Å². The molecule has 0 amide bonds. The third-order valence-electron chi connectivity index (χ3n) is 5.37. The number of hydrogen-bond donors (Lipinski definition) is 2. The molecular weight excluding hydrogens is 316 g/mol. The lowest BCUT2D eigenvalue weighted by molar-refractivity contribution is 0.529. The summed E-state index contributed by atoms with van der Waals surface area (Å²) in [4.78, 5) is 0. The van der Waals surface area contributed by atoms with Crippen LogP contribution in [0.4, 0.5) is 0 Å². The molecule has 0 saturated heterocycles. The van der Waals surface area contributed by atoms with Crippen molar-refractivity contribution in [2.45, 2.75) is 129 Å². The summed E-state index contributed by atoms with van der Waals surface area (Å²) >= 11 is 0. The van der Waals surface area contributed by atoms with Gasteiger partial charge in [-0.15, -0.1) is 0 Å². The average Bonchev–Trinajstić information content (AvgIpc) is 2.66. The van der Waals surface area contributed by atoms with Gasteiger partial charge in [0.15, 0.2) is 0 Å². The highest BCUT2D eigenvalue weighted by Crippen LogP contribution is 2.07. The van der Waals surface area contributed by atoms with Crippen LogP contribution in [0.3, 0.4) is 0 Å².